The Morgan fingerprint density at radius 2 is 0.690 bits per heavy atom. The van der Waals surface area contributed by atoms with Gasteiger partial charge in [-0.1, -0.05) is 315 Å². The number of hydrogen-bond donors (Lipinski definition) is 1. The Morgan fingerprint density at radius 3 is 0.966 bits per heavy atom. The van der Waals surface area contributed by atoms with Crippen LogP contribution >= 0.6 is 50.3 Å². The number of terminal acetylenes is 1. The number of rotatable bonds is 18. The molecule has 579 valence electrons. The van der Waals surface area contributed by atoms with Gasteiger partial charge >= 0.3 is 266 Å². The van der Waals surface area contributed by atoms with Crippen LogP contribution in [-0.2, 0) is 42.8 Å². The molecule has 1 atom stereocenters. The summed E-state index contributed by atoms with van der Waals surface area (Å²) in [4.78, 5) is 0. The van der Waals surface area contributed by atoms with Crippen molar-refractivity contribution in [1.82, 2.24) is 0 Å². The maximum absolute atomic E-state index is 9.89. The summed E-state index contributed by atoms with van der Waals surface area (Å²) in [5.41, 5.74) is 3.79. The van der Waals surface area contributed by atoms with Crippen LogP contribution in [0.1, 0.15) is 25.0 Å². The molecule has 1 aliphatic rings. The second-order valence-electron chi connectivity index (χ2n) is 25.6. The predicted octanol–water partition coefficient (Wildman–Crippen LogP) is 16.5. The van der Waals surface area contributed by atoms with E-state index in [-0.39, 0.29) is 25.6 Å². The van der Waals surface area contributed by atoms with Crippen molar-refractivity contribution in [2.24, 2.45) is 0 Å². The number of aliphatic hydroxyl groups is 1. The van der Waals surface area contributed by atoms with Gasteiger partial charge in [0.25, 0.3) is 0 Å². The molecule has 1 aliphatic heterocycles. The zero-order valence-electron chi connectivity index (χ0n) is 64.2. The number of benzene rings is 14. The Bertz CT molecular complexity index is 4810. The van der Waals surface area contributed by atoms with Crippen LogP contribution in [0.15, 0.2) is 447 Å². The van der Waals surface area contributed by atoms with Crippen molar-refractivity contribution in [3.05, 3.63) is 470 Å². The fourth-order valence-electron chi connectivity index (χ4n) is 12.4. The SMILES string of the molecule is C#CCOCC#CC(C)(O)C#Cc1ccccc1.CC(=[C-]C1=C([C]#[Os])COC1)C(=[C-]c1ccccc1)[P+](c1ccccc1)(c1ccccc1)c1ccccc1.[Cl-].[Cl][Os][Cl].c1ccc(P(c2ccccc2)c2ccccc2)cc1.c1ccc(P(c2ccccc2)c2ccccc2)cc1.c1ccc(P(c2ccccc2)c2ccccc2)cc1. The van der Waals surface area contributed by atoms with Crippen LogP contribution in [0.25, 0.3) is 0 Å². The van der Waals surface area contributed by atoms with Crippen molar-refractivity contribution in [3.63, 3.8) is 0 Å². The van der Waals surface area contributed by atoms with Gasteiger partial charge in [-0.05, 0) is 96.5 Å². The smallest absolute Gasteiger partial charge is 0.0134 e. The summed E-state index contributed by atoms with van der Waals surface area (Å²) in [7, 11) is 6.12. The van der Waals surface area contributed by atoms with Crippen LogP contribution in [0.4, 0.5) is 0 Å². The first-order valence-electron chi connectivity index (χ1n) is 37.2. The number of hydrogen-bond acceptors (Lipinski definition) is 3. The summed E-state index contributed by atoms with van der Waals surface area (Å²) >= 11 is 1.09. The average molecular weight is 1990 g/mol. The normalized spacial score (nSPS) is 11.9. The van der Waals surface area contributed by atoms with Gasteiger partial charge in [0.15, 0.2) is 5.60 Å². The van der Waals surface area contributed by atoms with Crippen molar-refractivity contribution < 1.29 is 60.3 Å². The molecule has 0 amide bonds. The molecule has 14 aromatic carbocycles. The van der Waals surface area contributed by atoms with Gasteiger partial charge in [-0.2, -0.15) is 0 Å². The molecule has 0 saturated heterocycles. The first-order valence-corrected chi connectivity index (χ1v) is 50.6. The predicted molar refractivity (Wildman–Crippen MR) is 490 cm³/mol. The van der Waals surface area contributed by atoms with Gasteiger partial charge in [0.05, 0.1) is 0 Å². The third-order valence-electron chi connectivity index (χ3n) is 17.5. The Morgan fingerprint density at radius 1 is 0.422 bits per heavy atom. The maximum atomic E-state index is 9.89. The molecule has 0 aliphatic carbocycles. The van der Waals surface area contributed by atoms with E-state index in [1.165, 1.54) is 75.9 Å². The minimum Gasteiger partial charge on any atom is -0.0622 e. The van der Waals surface area contributed by atoms with E-state index in [9.17, 15) is 5.11 Å². The molecule has 0 saturated carbocycles. The van der Waals surface area contributed by atoms with Crippen LogP contribution in [-0.4, -0.2) is 37.1 Å². The summed E-state index contributed by atoms with van der Waals surface area (Å²) in [6.45, 7) is 5.27. The molecule has 0 radical (unpaired) electrons. The molecular formula is C104H86Cl3O3Os2P4-2. The average Bonchev–Trinajstić information content (AvgIpc) is 0.738. The summed E-state index contributed by atoms with van der Waals surface area (Å²) < 4.78 is 14.1. The van der Waals surface area contributed by atoms with E-state index in [1.807, 2.05) is 36.4 Å². The first kappa shape index (κ1) is 90.4. The van der Waals surface area contributed by atoms with E-state index in [0.29, 0.717) is 13.2 Å². The quantitative estimate of drug-likeness (QED) is 0.0306. The maximum Gasteiger partial charge on any atom is -0.0134 e. The Kier molecular flexibility index (Phi) is 39.6. The van der Waals surface area contributed by atoms with Crippen molar-refractivity contribution in [2.75, 3.05) is 26.4 Å². The second kappa shape index (κ2) is 50.9. The fourth-order valence-corrected chi connectivity index (χ4v) is 24.3. The third kappa shape index (κ3) is 27.8. The number of allylic oxidation sites excluding steroid dienone is 2. The fraction of sp³-hybridized carbons (Fsp3) is 0.0673. The van der Waals surface area contributed by atoms with Gasteiger partial charge in [0.1, 0.15) is 13.2 Å². The summed E-state index contributed by atoms with van der Waals surface area (Å²) in [5.74, 6) is 13.2. The zero-order valence-corrected chi connectivity index (χ0v) is 75.1. The minimum atomic E-state index is -2.35. The monoisotopic (exact) mass is 2000 g/mol. The van der Waals surface area contributed by atoms with E-state index in [2.05, 4.69) is 441 Å². The molecule has 3 nitrogen and oxygen atoms in total. The van der Waals surface area contributed by atoms with E-state index >= 15 is 0 Å². The van der Waals surface area contributed by atoms with E-state index in [4.69, 9.17) is 35.2 Å². The van der Waals surface area contributed by atoms with Crippen LogP contribution in [0, 0.1) is 52.5 Å². The molecule has 0 spiro atoms. The van der Waals surface area contributed by atoms with Gasteiger partial charge in [-0.3, -0.25) is 0 Å². The molecular weight excluding hydrogens is 1910 g/mol. The van der Waals surface area contributed by atoms with Crippen LogP contribution in [0.3, 0.4) is 0 Å². The number of halogens is 3. The van der Waals surface area contributed by atoms with Gasteiger partial charge in [-0.25, -0.2) is 0 Å². The van der Waals surface area contributed by atoms with Gasteiger partial charge in [0.2, 0.25) is 0 Å². The van der Waals surface area contributed by atoms with Crippen LogP contribution < -0.4 is 76.1 Å². The first-order chi connectivity index (χ1) is 56.6. The van der Waals surface area contributed by atoms with E-state index < -0.39 is 52.0 Å². The number of ether oxygens (including phenoxy) is 2. The largest absolute Gasteiger partial charge is 0.0622 e. The molecule has 1 heterocycles. The zero-order chi connectivity index (χ0) is 80.2. The molecule has 14 aromatic rings. The second-order valence-corrected chi connectivity index (χ2v) is 39.9. The standard InChI is InChI=1S/C34H27OP.3C18H15P.C16H14O2.3ClH.2Os/c1-27(23-30-26-35-25-28(30)2)34(24-29-15-7-3-8-16-29)36(31-17-9-4-10-18-31,32-19-11-5-12-20-32)33-21-13-6-14-22-33;3*1-4-10-16(11-5-1)19(17-12-6-2-7-13-17)18-14-8-3-9-15-18;1-3-13-18-14-7-11-16(2,17)12-10-15-8-5-4-6-9-15;;;;;/h3-22H,25-26H2,1H3;3*1-15H;1,4-6,8-9,17H,13-14H2,2H3;3*1H;;/q-1;;;;;;;;;+2/p-3. The van der Waals surface area contributed by atoms with E-state index in [0.717, 1.165) is 27.8 Å². The van der Waals surface area contributed by atoms with Gasteiger partial charge in [-0.15, -0.1) is 6.42 Å². The van der Waals surface area contributed by atoms with Gasteiger partial charge in [0, 0.05) is 5.56 Å². The summed E-state index contributed by atoms with van der Waals surface area (Å²) in [6, 6.07) is 150. The van der Waals surface area contributed by atoms with Crippen molar-refractivity contribution in [3.8, 4) is 40.4 Å². The van der Waals surface area contributed by atoms with E-state index in [1.54, 1.807) is 17.9 Å². The van der Waals surface area contributed by atoms with Crippen molar-refractivity contribution >= 4 is 114 Å². The molecule has 1 unspecified atom stereocenters. The van der Waals surface area contributed by atoms with Gasteiger partial charge < -0.3 is 22.3 Å². The minimum absolute atomic E-state index is 0. The molecule has 0 bridgehead atoms. The molecule has 1 N–H and O–H groups in total. The Hall–Kier alpha value is -9.50. The Labute approximate surface area is 724 Å². The summed E-state index contributed by atoms with van der Waals surface area (Å²) in [6.07, 6.45) is 12.7. The summed E-state index contributed by atoms with van der Waals surface area (Å²) in [5, 5.41) is 27.5. The van der Waals surface area contributed by atoms with Crippen molar-refractivity contribution in [2.45, 2.75) is 19.4 Å². The van der Waals surface area contributed by atoms with Crippen molar-refractivity contribution in [1.29, 1.82) is 0 Å². The topological polar surface area (TPSA) is 38.7 Å². The Balaban J connectivity index is 0.000000170. The molecule has 12 heteroatoms. The molecule has 0 aromatic heterocycles. The third-order valence-corrected chi connectivity index (χ3v) is 29.9. The van der Waals surface area contributed by atoms with Crippen LogP contribution in [0.5, 0.6) is 0 Å². The molecule has 15 rings (SSSR count). The molecule has 116 heavy (non-hydrogen) atoms. The van der Waals surface area contributed by atoms with Crippen LogP contribution in [0.2, 0.25) is 0 Å². The molecule has 0 fully saturated rings.